The lowest BCUT2D eigenvalue weighted by molar-refractivity contribution is -0.141. The van der Waals surface area contributed by atoms with Crippen LogP contribution in [0.2, 0.25) is 0 Å². The second-order valence-corrected chi connectivity index (χ2v) is 10.5. The summed E-state index contributed by atoms with van der Waals surface area (Å²) in [6, 6.07) is 7.77. The summed E-state index contributed by atoms with van der Waals surface area (Å²) in [7, 11) is 0. The van der Waals surface area contributed by atoms with E-state index in [4.69, 9.17) is 9.47 Å². The Morgan fingerprint density at radius 2 is 1.97 bits per heavy atom. The highest BCUT2D eigenvalue weighted by Gasteiger charge is 2.35. The molecule has 0 radical (unpaired) electrons. The number of carbonyl (C=O) groups excluding carboxylic acids is 2. The van der Waals surface area contributed by atoms with E-state index in [1.807, 2.05) is 40.3 Å². The third-order valence-electron chi connectivity index (χ3n) is 6.73. The van der Waals surface area contributed by atoms with Gasteiger partial charge in [0.1, 0.15) is 17.7 Å². The van der Waals surface area contributed by atoms with Gasteiger partial charge in [0, 0.05) is 80.7 Å². The van der Waals surface area contributed by atoms with Crippen molar-refractivity contribution in [3.8, 4) is 5.75 Å². The molecule has 2 fully saturated rings. The van der Waals surface area contributed by atoms with E-state index in [1.54, 1.807) is 6.20 Å². The zero-order valence-corrected chi connectivity index (χ0v) is 22.2. The summed E-state index contributed by atoms with van der Waals surface area (Å²) in [5.41, 5.74) is 0. The molecule has 0 spiro atoms. The van der Waals surface area contributed by atoms with Crippen molar-refractivity contribution in [3.05, 3.63) is 47.0 Å². The Kier molecular flexibility index (Phi) is 8.83. The molecule has 2 aliphatic heterocycles. The number of hydrogen-bond donors (Lipinski definition) is 0. The summed E-state index contributed by atoms with van der Waals surface area (Å²) in [6.45, 7) is 8.35. The predicted molar refractivity (Wildman–Crippen MR) is 136 cm³/mol. The number of carbonyl (C=O) groups is 2. The standard InChI is InChI=1S/C26H35BrN4O4/c1-19(2)26-28-8-11-30(26)10-7-24(32)31-9-6-23(35-22-5-3-4-21(27)17-22)20(18-31)16-25(33)29-12-14-34-15-13-29/h3-5,8,11,17,19-20,23H,6-7,9-10,12-16,18H2,1-2H3/t20-,23-/m0/s1. The molecule has 3 heterocycles. The Balaban J connectivity index is 1.41. The number of halogens is 1. The van der Waals surface area contributed by atoms with Crippen molar-refractivity contribution < 1.29 is 19.1 Å². The fraction of sp³-hybridized carbons (Fsp3) is 0.577. The molecule has 2 saturated heterocycles. The first-order valence-electron chi connectivity index (χ1n) is 12.5. The lowest BCUT2D eigenvalue weighted by atomic mass is 9.90. The quantitative estimate of drug-likeness (QED) is 0.504. The number of aromatic nitrogens is 2. The van der Waals surface area contributed by atoms with Gasteiger partial charge in [0.2, 0.25) is 11.8 Å². The molecular formula is C26H35BrN4O4. The van der Waals surface area contributed by atoms with Crippen molar-refractivity contribution in [1.29, 1.82) is 0 Å². The fourth-order valence-corrected chi connectivity index (χ4v) is 5.23. The van der Waals surface area contributed by atoms with E-state index in [9.17, 15) is 9.59 Å². The lowest BCUT2D eigenvalue weighted by Crippen LogP contribution is -2.50. The normalized spacial score (nSPS) is 20.8. The van der Waals surface area contributed by atoms with Crippen molar-refractivity contribution in [2.75, 3.05) is 39.4 Å². The number of imidazole rings is 1. The van der Waals surface area contributed by atoms with Gasteiger partial charge >= 0.3 is 0 Å². The molecule has 0 saturated carbocycles. The van der Waals surface area contributed by atoms with Gasteiger partial charge in [-0.1, -0.05) is 35.8 Å². The largest absolute Gasteiger partial charge is 0.490 e. The number of ether oxygens (including phenoxy) is 2. The van der Waals surface area contributed by atoms with Crippen molar-refractivity contribution in [2.24, 2.45) is 5.92 Å². The monoisotopic (exact) mass is 546 g/mol. The van der Waals surface area contributed by atoms with Gasteiger partial charge in [0.05, 0.1) is 13.2 Å². The smallest absolute Gasteiger partial charge is 0.224 e. The molecular weight excluding hydrogens is 512 g/mol. The van der Waals surface area contributed by atoms with Crippen LogP contribution >= 0.6 is 15.9 Å². The maximum atomic E-state index is 13.2. The van der Waals surface area contributed by atoms with Crippen molar-refractivity contribution >= 4 is 27.7 Å². The topological polar surface area (TPSA) is 76.9 Å². The first kappa shape index (κ1) is 25.7. The number of aryl methyl sites for hydroxylation is 1. The molecule has 0 aliphatic carbocycles. The van der Waals surface area contributed by atoms with Crippen LogP contribution in [0, 0.1) is 5.92 Å². The highest BCUT2D eigenvalue weighted by atomic mass is 79.9. The fourth-order valence-electron chi connectivity index (χ4n) is 4.85. The van der Waals surface area contributed by atoms with Gasteiger partial charge in [-0.05, 0) is 18.2 Å². The van der Waals surface area contributed by atoms with Gasteiger partial charge in [0.25, 0.3) is 0 Å². The Bertz CT molecular complexity index is 1000. The second-order valence-electron chi connectivity index (χ2n) is 9.58. The van der Waals surface area contributed by atoms with Gasteiger partial charge < -0.3 is 23.8 Å². The molecule has 1 aromatic carbocycles. The molecule has 190 valence electrons. The SMILES string of the molecule is CC(C)c1nccn1CCC(=O)N1CC[C@H](Oc2cccc(Br)c2)[C@@H](CC(=O)N2CCOCC2)C1. The Morgan fingerprint density at radius 3 is 2.71 bits per heavy atom. The Labute approximate surface area is 215 Å². The predicted octanol–water partition coefficient (Wildman–Crippen LogP) is 3.70. The number of hydrogen-bond acceptors (Lipinski definition) is 5. The average molecular weight is 547 g/mol. The summed E-state index contributed by atoms with van der Waals surface area (Å²) in [6.07, 6.45) is 5.07. The maximum Gasteiger partial charge on any atom is 0.224 e. The number of piperidine rings is 1. The minimum atomic E-state index is -0.125. The van der Waals surface area contributed by atoms with E-state index in [2.05, 4.69) is 39.3 Å². The van der Waals surface area contributed by atoms with E-state index in [0.29, 0.717) is 71.1 Å². The van der Waals surface area contributed by atoms with E-state index in [0.717, 1.165) is 16.0 Å². The van der Waals surface area contributed by atoms with Crippen molar-refractivity contribution in [2.45, 2.75) is 51.7 Å². The molecule has 9 heteroatoms. The van der Waals surface area contributed by atoms with Crippen molar-refractivity contribution in [1.82, 2.24) is 19.4 Å². The minimum Gasteiger partial charge on any atom is -0.490 e. The van der Waals surface area contributed by atoms with Gasteiger partial charge in [-0.15, -0.1) is 0 Å². The van der Waals surface area contributed by atoms with Crippen LogP contribution in [0.3, 0.4) is 0 Å². The van der Waals surface area contributed by atoms with Crippen LogP contribution in [0.5, 0.6) is 5.75 Å². The maximum absolute atomic E-state index is 13.2. The average Bonchev–Trinajstić information content (AvgIpc) is 3.33. The van der Waals surface area contributed by atoms with Gasteiger partial charge in [-0.3, -0.25) is 9.59 Å². The van der Waals surface area contributed by atoms with Crippen LogP contribution < -0.4 is 4.74 Å². The van der Waals surface area contributed by atoms with Gasteiger partial charge in [-0.2, -0.15) is 0 Å². The summed E-state index contributed by atoms with van der Waals surface area (Å²) in [5, 5.41) is 0. The first-order chi connectivity index (χ1) is 16.9. The molecule has 2 amide bonds. The molecule has 35 heavy (non-hydrogen) atoms. The van der Waals surface area contributed by atoms with E-state index >= 15 is 0 Å². The van der Waals surface area contributed by atoms with Crippen molar-refractivity contribution in [3.63, 3.8) is 0 Å². The zero-order valence-electron chi connectivity index (χ0n) is 20.6. The van der Waals surface area contributed by atoms with Crippen LogP contribution in [-0.2, 0) is 20.9 Å². The highest BCUT2D eigenvalue weighted by molar-refractivity contribution is 9.10. The number of benzene rings is 1. The summed E-state index contributed by atoms with van der Waals surface area (Å²) < 4.78 is 14.8. The molecule has 8 nitrogen and oxygen atoms in total. The minimum absolute atomic E-state index is 0.0681. The molecule has 0 unspecified atom stereocenters. The van der Waals surface area contributed by atoms with E-state index < -0.39 is 0 Å². The number of morpholine rings is 1. The third-order valence-corrected chi connectivity index (χ3v) is 7.22. The molecule has 4 rings (SSSR count). The van der Waals surface area contributed by atoms with Crippen LogP contribution in [-0.4, -0.2) is 76.7 Å². The second kappa shape index (κ2) is 12.0. The van der Waals surface area contributed by atoms with Crippen LogP contribution in [0.1, 0.15) is 44.9 Å². The van der Waals surface area contributed by atoms with E-state index in [-0.39, 0.29) is 23.8 Å². The van der Waals surface area contributed by atoms with Crippen LogP contribution in [0.25, 0.3) is 0 Å². The first-order valence-corrected chi connectivity index (χ1v) is 13.3. The van der Waals surface area contributed by atoms with Gasteiger partial charge in [-0.25, -0.2) is 4.98 Å². The van der Waals surface area contributed by atoms with E-state index in [1.165, 1.54) is 0 Å². The number of amides is 2. The zero-order chi connectivity index (χ0) is 24.8. The van der Waals surface area contributed by atoms with Crippen LogP contribution in [0.4, 0.5) is 0 Å². The lowest BCUT2D eigenvalue weighted by Gasteiger charge is -2.39. The van der Waals surface area contributed by atoms with Gasteiger partial charge in [0.15, 0.2) is 0 Å². The number of nitrogens with zero attached hydrogens (tertiary/aromatic N) is 4. The Hall–Kier alpha value is -2.39. The van der Waals surface area contributed by atoms with Crippen LogP contribution in [0.15, 0.2) is 41.1 Å². The number of rotatable bonds is 8. The summed E-state index contributed by atoms with van der Waals surface area (Å²) in [4.78, 5) is 34.4. The molecule has 2 aromatic rings. The number of likely N-dealkylation sites (tertiary alicyclic amines) is 1. The highest BCUT2D eigenvalue weighted by Crippen LogP contribution is 2.28. The molecule has 1 aromatic heterocycles. The summed E-state index contributed by atoms with van der Waals surface area (Å²) >= 11 is 3.50. The Morgan fingerprint density at radius 1 is 1.17 bits per heavy atom. The molecule has 0 N–H and O–H groups in total. The molecule has 0 bridgehead atoms. The molecule has 2 atom stereocenters. The third kappa shape index (κ3) is 6.85. The molecule has 2 aliphatic rings. The summed E-state index contributed by atoms with van der Waals surface area (Å²) in [5.74, 6) is 2.22.